The Morgan fingerprint density at radius 1 is 0.292 bits per heavy atom. The van der Waals surface area contributed by atoms with Gasteiger partial charge >= 0.3 is 0 Å². The molecule has 6 aromatic heterocycles. The van der Waals surface area contributed by atoms with Gasteiger partial charge in [0, 0.05) is 76.0 Å². The van der Waals surface area contributed by atoms with Crippen molar-refractivity contribution in [2.45, 2.75) is 91.9 Å². The van der Waals surface area contributed by atoms with E-state index in [1.165, 1.54) is 153 Å². The average molecular weight is 931 g/mol. The Morgan fingerprint density at radius 2 is 0.639 bits per heavy atom. The Morgan fingerprint density at radius 3 is 1.00 bits per heavy atom. The second-order valence-corrected chi connectivity index (χ2v) is 23.7. The molecule has 6 heterocycles. The number of hydrogen-bond acceptors (Lipinski definition) is 0. The number of para-hydroxylation sites is 4. The van der Waals surface area contributed by atoms with Crippen LogP contribution in [0, 0.1) is 0 Å². The average Bonchev–Trinajstić information content (AvgIpc) is 4.20. The molecule has 0 N–H and O–H groups in total. The second-order valence-electron chi connectivity index (χ2n) is 23.7. The van der Waals surface area contributed by atoms with Crippen LogP contribution in [0.4, 0.5) is 0 Å². The van der Waals surface area contributed by atoms with Crippen LogP contribution in [0.3, 0.4) is 0 Å². The van der Waals surface area contributed by atoms with E-state index in [0.29, 0.717) is 0 Å². The number of rotatable bonds is 4. The summed E-state index contributed by atoms with van der Waals surface area (Å²) in [7, 11) is 0. The summed E-state index contributed by atoms with van der Waals surface area (Å²) in [6.07, 6.45) is 0. The van der Waals surface area contributed by atoms with Gasteiger partial charge in [-0.2, -0.15) is 0 Å². The number of fused-ring (bicyclic) bond motifs is 20. The molecule has 0 saturated carbocycles. The predicted molar refractivity (Wildman–Crippen MR) is 310 cm³/mol. The molecule has 15 rings (SSSR count). The van der Waals surface area contributed by atoms with Crippen LogP contribution in [0.2, 0.25) is 0 Å². The molecule has 0 saturated heterocycles. The molecular weight excluding hydrogens is 873 g/mol. The van der Waals surface area contributed by atoms with E-state index in [0.717, 1.165) is 0 Å². The van der Waals surface area contributed by atoms with E-state index in [1.54, 1.807) is 0 Å². The van der Waals surface area contributed by atoms with Crippen molar-refractivity contribution in [2.75, 3.05) is 0 Å². The summed E-state index contributed by atoms with van der Waals surface area (Å²) in [6.45, 7) is 23.5. The molecule has 350 valence electrons. The van der Waals surface area contributed by atoms with E-state index in [-0.39, 0.29) is 22.7 Å². The minimum atomic E-state index is 0.0677. The summed E-state index contributed by atoms with van der Waals surface area (Å²) in [5.74, 6) is 0.479. The number of hydrogen-bond donors (Lipinski definition) is 0. The molecule has 0 amide bonds. The largest absolute Gasteiger partial charge is 0.309 e. The first-order valence-corrected chi connectivity index (χ1v) is 26.2. The first-order chi connectivity index (χ1) is 34.7. The van der Waals surface area contributed by atoms with Gasteiger partial charge < -0.3 is 17.9 Å². The first kappa shape index (κ1) is 41.9. The molecule has 9 aromatic carbocycles. The Balaban J connectivity index is 1.11. The molecule has 0 radical (unpaired) electrons. The van der Waals surface area contributed by atoms with Crippen LogP contribution in [0.5, 0.6) is 0 Å². The van der Waals surface area contributed by atoms with Crippen LogP contribution >= 0.6 is 0 Å². The summed E-state index contributed by atoms with van der Waals surface area (Å²) in [6, 6.07) is 60.6. The van der Waals surface area contributed by atoms with Crippen LogP contribution in [-0.2, 0) is 10.8 Å². The summed E-state index contributed by atoms with van der Waals surface area (Å²) in [5.41, 5.74) is 21.0. The summed E-state index contributed by atoms with van der Waals surface area (Å²) < 4.78 is 10.5. The van der Waals surface area contributed by atoms with Crippen molar-refractivity contribution in [3.8, 4) is 11.4 Å². The summed E-state index contributed by atoms with van der Waals surface area (Å²) >= 11 is 0. The lowest BCUT2D eigenvalue weighted by Crippen LogP contribution is -2.10. The molecule has 0 spiro atoms. The smallest absolute Gasteiger partial charge is 0.0641 e. The maximum atomic E-state index is 2.69. The molecule has 72 heavy (non-hydrogen) atoms. The number of aromatic nitrogens is 4. The number of benzene rings is 9. The molecule has 4 nitrogen and oxygen atoms in total. The minimum absolute atomic E-state index is 0.0677. The minimum Gasteiger partial charge on any atom is -0.309 e. The van der Waals surface area contributed by atoms with Gasteiger partial charge in [0.05, 0.1) is 55.2 Å². The summed E-state index contributed by atoms with van der Waals surface area (Å²) in [5, 5.41) is 15.9. The standard InChI is InChI=1S/C68H58N4/c1-37(2)55-59-49-21-15-19-47-58-54(36-34-46-44-18-12-14-24-52(44)70(64(46)58)42-31-27-40(28-32-42)68(8,9)10)72(61(47)49)66(59)56(38(3)4)60-50-22-16-20-48-57-53(71(62(48)50)65(55)60)35-33-45-43-17-11-13-23-51(43)69(63(45)57)41-29-25-39(26-30-41)67(5,6)7/h11-38H,1-10H3. The zero-order valence-corrected chi connectivity index (χ0v) is 43.0. The van der Waals surface area contributed by atoms with Gasteiger partial charge in [0.2, 0.25) is 0 Å². The van der Waals surface area contributed by atoms with Gasteiger partial charge in [0.15, 0.2) is 0 Å². The SMILES string of the molecule is CC(C)c1c2c3cccc4c5c6c(ccc5n(c2c(C(C)C)c2c5cccc7c8c9c(ccc8n(c12)c57)c1ccccc1n9-c1ccc(C(C)(C)C)cc1)c34)c1ccccc1n6-c1ccc(C(C)(C)C)cc1. The number of nitrogens with zero attached hydrogens (tertiary/aromatic N) is 4. The molecule has 0 fully saturated rings. The maximum Gasteiger partial charge on any atom is 0.0641 e. The van der Waals surface area contributed by atoms with Crippen molar-refractivity contribution in [3.05, 3.63) is 180 Å². The van der Waals surface area contributed by atoms with Crippen molar-refractivity contribution in [1.82, 2.24) is 17.9 Å². The van der Waals surface area contributed by atoms with E-state index in [2.05, 4.69) is 245 Å². The van der Waals surface area contributed by atoms with Gasteiger partial charge in [-0.3, -0.25) is 0 Å². The van der Waals surface area contributed by atoms with Crippen molar-refractivity contribution in [3.63, 3.8) is 0 Å². The van der Waals surface area contributed by atoms with E-state index in [4.69, 9.17) is 0 Å². The third-order valence-electron chi connectivity index (χ3n) is 16.8. The lowest BCUT2D eigenvalue weighted by atomic mass is 9.87. The fourth-order valence-electron chi connectivity index (χ4n) is 13.7. The van der Waals surface area contributed by atoms with Gasteiger partial charge in [-0.15, -0.1) is 0 Å². The van der Waals surface area contributed by atoms with E-state index < -0.39 is 0 Å². The normalized spacial score (nSPS) is 13.4. The lowest BCUT2D eigenvalue weighted by Gasteiger charge is -2.20. The monoisotopic (exact) mass is 930 g/mol. The zero-order valence-electron chi connectivity index (χ0n) is 43.0. The van der Waals surface area contributed by atoms with Crippen LogP contribution in [-0.4, -0.2) is 17.9 Å². The van der Waals surface area contributed by atoms with Crippen molar-refractivity contribution < 1.29 is 0 Å². The fraction of sp³-hybridized carbons (Fsp3) is 0.206. The highest BCUT2D eigenvalue weighted by Crippen LogP contribution is 2.54. The summed E-state index contributed by atoms with van der Waals surface area (Å²) in [4.78, 5) is 0. The highest BCUT2D eigenvalue weighted by molar-refractivity contribution is 6.36. The molecule has 0 bridgehead atoms. The van der Waals surface area contributed by atoms with Gasteiger partial charge in [0.25, 0.3) is 0 Å². The van der Waals surface area contributed by atoms with E-state index >= 15 is 0 Å². The quantitative estimate of drug-likeness (QED) is 0.167. The molecule has 0 atom stereocenters. The second kappa shape index (κ2) is 14.0. The zero-order chi connectivity index (χ0) is 49.0. The molecular formula is C68H58N4. The van der Waals surface area contributed by atoms with Crippen molar-refractivity contribution in [1.29, 1.82) is 0 Å². The fourth-order valence-corrected chi connectivity index (χ4v) is 13.7. The molecule has 0 aliphatic rings. The van der Waals surface area contributed by atoms with Crippen LogP contribution in [0.1, 0.15) is 103 Å². The van der Waals surface area contributed by atoms with E-state index in [9.17, 15) is 0 Å². The van der Waals surface area contributed by atoms with Gasteiger partial charge in [-0.05, 0) is 93.5 Å². The predicted octanol–water partition coefficient (Wildman–Crippen LogP) is 19.0. The van der Waals surface area contributed by atoms with Crippen molar-refractivity contribution >= 4 is 120 Å². The van der Waals surface area contributed by atoms with Gasteiger partial charge in [0.1, 0.15) is 0 Å². The first-order valence-electron chi connectivity index (χ1n) is 26.2. The topological polar surface area (TPSA) is 18.7 Å². The highest BCUT2D eigenvalue weighted by atomic mass is 15.0. The third-order valence-corrected chi connectivity index (χ3v) is 16.8. The molecule has 0 unspecified atom stereocenters. The van der Waals surface area contributed by atoms with Crippen molar-refractivity contribution in [2.24, 2.45) is 0 Å². The molecule has 0 aliphatic heterocycles. The van der Waals surface area contributed by atoms with Gasteiger partial charge in [-0.1, -0.05) is 178 Å². The Kier molecular flexibility index (Phi) is 8.14. The molecule has 15 aromatic rings. The third kappa shape index (κ3) is 5.17. The Bertz CT molecular complexity index is 4470. The van der Waals surface area contributed by atoms with E-state index in [1.807, 2.05) is 0 Å². The maximum absolute atomic E-state index is 2.69. The molecule has 0 aliphatic carbocycles. The van der Waals surface area contributed by atoms with Gasteiger partial charge in [-0.25, -0.2) is 0 Å². The highest BCUT2D eigenvalue weighted by Gasteiger charge is 2.33. The van der Waals surface area contributed by atoms with Crippen LogP contribution in [0.15, 0.2) is 158 Å². The molecule has 4 heteroatoms. The Hall–Kier alpha value is -7.82. The van der Waals surface area contributed by atoms with Crippen LogP contribution in [0.25, 0.3) is 131 Å². The lowest BCUT2D eigenvalue weighted by molar-refractivity contribution is 0.590. The van der Waals surface area contributed by atoms with Crippen LogP contribution < -0.4 is 0 Å². The Labute approximate surface area is 419 Å².